The fourth-order valence-corrected chi connectivity index (χ4v) is 2.38. The summed E-state index contributed by atoms with van der Waals surface area (Å²) in [6, 6.07) is 8.07. The normalized spacial score (nSPS) is 14.1. The topological polar surface area (TPSA) is 41.1 Å². The molecule has 0 saturated heterocycles. The molecule has 0 aliphatic rings. The van der Waals surface area contributed by atoms with Crippen LogP contribution < -0.4 is 10.6 Å². The van der Waals surface area contributed by atoms with Crippen molar-refractivity contribution in [2.75, 3.05) is 6.54 Å². The summed E-state index contributed by atoms with van der Waals surface area (Å²) in [7, 11) is 0. The molecule has 0 aromatic heterocycles. The zero-order chi connectivity index (χ0) is 15.1. The minimum Gasteiger partial charge on any atom is -0.355 e. The molecule has 2 atom stereocenters. The van der Waals surface area contributed by atoms with Crippen LogP contribution in [0, 0.1) is 5.92 Å². The van der Waals surface area contributed by atoms with E-state index in [0.29, 0.717) is 5.92 Å². The van der Waals surface area contributed by atoms with Gasteiger partial charge in [-0.05, 0) is 43.9 Å². The highest BCUT2D eigenvalue weighted by Gasteiger charge is 2.15. The van der Waals surface area contributed by atoms with Crippen LogP contribution in [-0.4, -0.2) is 18.5 Å². The summed E-state index contributed by atoms with van der Waals surface area (Å²) in [5, 5.41) is 6.30. The van der Waals surface area contributed by atoms with Gasteiger partial charge in [0.25, 0.3) is 0 Å². The predicted molar refractivity (Wildman–Crippen MR) is 87.6 cm³/mol. The molecule has 0 radical (unpaired) electrons. The van der Waals surface area contributed by atoms with Gasteiger partial charge in [-0.25, -0.2) is 0 Å². The first-order chi connectivity index (χ1) is 9.40. The van der Waals surface area contributed by atoms with E-state index in [9.17, 15) is 4.79 Å². The molecule has 1 rings (SSSR count). The first-order valence-corrected chi connectivity index (χ1v) is 7.98. The Morgan fingerprint density at radius 2 is 1.95 bits per heavy atom. The number of hydrogen-bond acceptors (Lipinski definition) is 2. The van der Waals surface area contributed by atoms with Crippen LogP contribution >= 0.6 is 15.9 Å². The minimum atomic E-state index is -0.198. The van der Waals surface area contributed by atoms with Crippen molar-refractivity contribution < 1.29 is 4.79 Å². The van der Waals surface area contributed by atoms with E-state index >= 15 is 0 Å². The second-order valence-electron chi connectivity index (χ2n) is 5.64. The number of halogens is 1. The van der Waals surface area contributed by atoms with Gasteiger partial charge in [0.2, 0.25) is 5.91 Å². The second-order valence-corrected chi connectivity index (χ2v) is 6.55. The fraction of sp³-hybridized carbons (Fsp3) is 0.562. The van der Waals surface area contributed by atoms with Gasteiger partial charge in [-0.2, -0.15) is 0 Å². The zero-order valence-corrected chi connectivity index (χ0v) is 14.3. The molecule has 2 N–H and O–H groups in total. The molecule has 112 valence electrons. The number of nitrogens with one attached hydrogen (secondary N) is 2. The molecule has 4 heteroatoms. The Labute approximate surface area is 130 Å². The SMILES string of the molecule is CC(C)CCNC(=O)C(C)N[C@H](C)c1cccc(Br)c1. The van der Waals surface area contributed by atoms with E-state index in [1.165, 1.54) is 5.56 Å². The molecule has 0 aliphatic carbocycles. The van der Waals surface area contributed by atoms with Crippen molar-refractivity contribution in [1.29, 1.82) is 0 Å². The Bertz CT molecular complexity index is 434. The lowest BCUT2D eigenvalue weighted by molar-refractivity contribution is -0.122. The number of hydrogen-bond donors (Lipinski definition) is 2. The van der Waals surface area contributed by atoms with Crippen molar-refractivity contribution in [3.63, 3.8) is 0 Å². The first-order valence-electron chi connectivity index (χ1n) is 7.19. The third-order valence-electron chi connectivity index (χ3n) is 3.26. The molecule has 1 aromatic carbocycles. The molecular formula is C16H25BrN2O. The maximum absolute atomic E-state index is 12.0. The van der Waals surface area contributed by atoms with Crippen LogP contribution in [-0.2, 0) is 4.79 Å². The largest absolute Gasteiger partial charge is 0.355 e. The lowest BCUT2D eigenvalue weighted by atomic mass is 10.1. The van der Waals surface area contributed by atoms with Crippen molar-refractivity contribution in [3.05, 3.63) is 34.3 Å². The highest BCUT2D eigenvalue weighted by molar-refractivity contribution is 9.10. The van der Waals surface area contributed by atoms with E-state index in [4.69, 9.17) is 0 Å². The van der Waals surface area contributed by atoms with Crippen molar-refractivity contribution in [2.24, 2.45) is 5.92 Å². The zero-order valence-electron chi connectivity index (χ0n) is 12.7. The lowest BCUT2D eigenvalue weighted by Gasteiger charge is -2.20. The molecule has 0 bridgehead atoms. The quantitative estimate of drug-likeness (QED) is 0.795. The maximum atomic E-state index is 12.0. The van der Waals surface area contributed by atoms with E-state index in [1.54, 1.807) is 0 Å². The van der Waals surface area contributed by atoms with Crippen LogP contribution in [0.3, 0.4) is 0 Å². The van der Waals surface area contributed by atoms with Crippen LogP contribution in [0.4, 0.5) is 0 Å². The number of benzene rings is 1. The van der Waals surface area contributed by atoms with Gasteiger partial charge in [0.1, 0.15) is 0 Å². The number of carbonyl (C=O) groups excluding carboxylic acids is 1. The molecule has 0 aliphatic heterocycles. The minimum absolute atomic E-state index is 0.0625. The summed E-state index contributed by atoms with van der Waals surface area (Å²) in [4.78, 5) is 12.0. The van der Waals surface area contributed by atoms with Crippen molar-refractivity contribution in [3.8, 4) is 0 Å². The molecule has 0 spiro atoms. The smallest absolute Gasteiger partial charge is 0.236 e. The Morgan fingerprint density at radius 1 is 1.25 bits per heavy atom. The van der Waals surface area contributed by atoms with Crippen LogP contribution in [0.15, 0.2) is 28.7 Å². The van der Waals surface area contributed by atoms with Gasteiger partial charge < -0.3 is 5.32 Å². The summed E-state index contributed by atoms with van der Waals surface area (Å²) < 4.78 is 1.05. The van der Waals surface area contributed by atoms with Gasteiger partial charge in [0.05, 0.1) is 6.04 Å². The van der Waals surface area contributed by atoms with Crippen molar-refractivity contribution >= 4 is 21.8 Å². The Morgan fingerprint density at radius 3 is 2.55 bits per heavy atom. The number of carbonyl (C=O) groups is 1. The standard InChI is InChI=1S/C16H25BrN2O/c1-11(2)8-9-18-16(20)13(4)19-12(3)14-6-5-7-15(17)10-14/h5-7,10-13,19H,8-9H2,1-4H3,(H,18,20)/t12-,13?/m1/s1. The molecule has 1 amide bonds. The summed E-state index contributed by atoms with van der Waals surface area (Å²) in [6.45, 7) is 9.03. The Kier molecular flexibility index (Phi) is 7.24. The Balaban J connectivity index is 2.44. The van der Waals surface area contributed by atoms with E-state index in [2.05, 4.69) is 59.5 Å². The molecule has 0 saturated carbocycles. The first kappa shape index (κ1) is 17.2. The Hall–Kier alpha value is -0.870. The molecule has 20 heavy (non-hydrogen) atoms. The van der Waals surface area contributed by atoms with Gasteiger partial charge in [0.15, 0.2) is 0 Å². The second kappa shape index (κ2) is 8.42. The lowest BCUT2D eigenvalue weighted by Crippen LogP contribution is -2.43. The third kappa shape index (κ3) is 6.06. The summed E-state index contributed by atoms with van der Waals surface area (Å²) in [6.07, 6.45) is 1.01. The highest BCUT2D eigenvalue weighted by atomic mass is 79.9. The highest BCUT2D eigenvalue weighted by Crippen LogP contribution is 2.18. The number of rotatable bonds is 7. The molecule has 1 unspecified atom stereocenters. The van der Waals surface area contributed by atoms with Gasteiger partial charge in [0, 0.05) is 17.1 Å². The molecule has 3 nitrogen and oxygen atoms in total. The van der Waals surface area contributed by atoms with Crippen molar-refractivity contribution in [2.45, 2.75) is 46.2 Å². The molecular weight excluding hydrogens is 316 g/mol. The van der Waals surface area contributed by atoms with Crippen molar-refractivity contribution in [1.82, 2.24) is 10.6 Å². The monoisotopic (exact) mass is 340 g/mol. The van der Waals surface area contributed by atoms with Gasteiger partial charge >= 0.3 is 0 Å². The van der Waals surface area contributed by atoms with Crippen LogP contribution in [0.2, 0.25) is 0 Å². The van der Waals surface area contributed by atoms with Gasteiger partial charge in [-0.3, -0.25) is 10.1 Å². The van der Waals surface area contributed by atoms with E-state index in [1.807, 2.05) is 19.1 Å². The van der Waals surface area contributed by atoms with Crippen LogP contribution in [0.1, 0.15) is 45.7 Å². The van der Waals surface area contributed by atoms with E-state index in [-0.39, 0.29) is 18.0 Å². The van der Waals surface area contributed by atoms with E-state index in [0.717, 1.165) is 17.4 Å². The average molecular weight is 341 g/mol. The van der Waals surface area contributed by atoms with E-state index < -0.39 is 0 Å². The summed E-state index contributed by atoms with van der Waals surface area (Å²) in [5.74, 6) is 0.673. The summed E-state index contributed by atoms with van der Waals surface area (Å²) in [5.41, 5.74) is 1.17. The van der Waals surface area contributed by atoms with Gasteiger partial charge in [-0.1, -0.05) is 41.9 Å². The average Bonchev–Trinajstić information content (AvgIpc) is 2.38. The number of amides is 1. The third-order valence-corrected chi connectivity index (χ3v) is 3.76. The van der Waals surface area contributed by atoms with Crippen LogP contribution in [0.25, 0.3) is 0 Å². The summed E-state index contributed by atoms with van der Waals surface area (Å²) >= 11 is 3.47. The fourth-order valence-electron chi connectivity index (χ4n) is 1.96. The van der Waals surface area contributed by atoms with Gasteiger partial charge in [-0.15, -0.1) is 0 Å². The molecule has 0 fully saturated rings. The molecule has 1 aromatic rings. The maximum Gasteiger partial charge on any atom is 0.236 e. The molecule has 0 heterocycles. The predicted octanol–water partition coefficient (Wildman–Crippen LogP) is 3.65. The van der Waals surface area contributed by atoms with Crippen LogP contribution in [0.5, 0.6) is 0 Å².